The number of nitrogen functional groups attached to an aromatic ring is 1. The van der Waals surface area contributed by atoms with Gasteiger partial charge in [-0.05, 0) is 13.8 Å². The molecule has 1 heterocycles. The van der Waals surface area contributed by atoms with Crippen molar-refractivity contribution in [2.24, 2.45) is 0 Å². The monoisotopic (exact) mass is 255 g/mol. The highest BCUT2D eigenvalue weighted by Gasteiger charge is 2.21. The summed E-state index contributed by atoms with van der Waals surface area (Å²) in [6, 6.07) is 0. The molecular formula is C10H17N5O3. The highest BCUT2D eigenvalue weighted by atomic mass is 16.6. The van der Waals surface area contributed by atoms with Crippen LogP contribution in [0.2, 0.25) is 0 Å². The minimum atomic E-state index is -0.516. The molecule has 1 rings (SSSR count). The molecule has 0 aliphatic carbocycles. The van der Waals surface area contributed by atoms with Gasteiger partial charge in [0.05, 0.1) is 11.5 Å². The fraction of sp³-hybridized carbons (Fsp3) is 0.600. The maximum absolute atomic E-state index is 10.9. The molecule has 0 radical (unpaired) electrons. The van der Waals surface area contributed by atoms with Crippen molar-refractivity contribution >= 4 is 17.5 Å². The van der Waals surface area contributed by atoms with Gasteiger partial charge in [0.2, 0.25) is 11.8 Å². The first-order chi connectivity index (χ1) is 8.60. The third kappa shape index (κ3) is 3.52. The van der Waals surface area contributed by atoms with E-state index in [0.29, 0.717) is 26.3 Å². The van der Waals surface area contributed by atoms with Gasteiger partial charge in [-0.25, -0.2) is 4.98 Å². The molecule has 2 N–H and O–H groups in total. The third-order valence-electron chi connectivity index (χ3n) is 2.36. The van der Waals surface area contributed by atoms with Crippen molar-refractivity contribution in [1.29, 1.82) is 0 Å². The van der Waals surface area contributed by atoms with Gasteiger partial charge >= 0.3 is 5.69 Å². The Bertz CT molecular complexity index is 412. The second-order valence-corrected chi connectivity index (χ2v) is 3.47. The van der Waals surface area contributed by atoms with Gasteiger partial charge in [-0.1, -0.05) is 0 Å². The molecule has 8 nitrogen and oxygen atoms in total. The Morgan fingerprint density at radius 2 is 2.28 bits per heavy atom. The predicted octanol–water partition coefficient (Wildman–Crippen LogP) is 0.830. The van der Waals surface area contributed by atoms with Gasteiger partial charge in [0.25, 0.3) is 0 Å². The summed E-state index contributed by atoms with van der Waals surface area (Å²) < 4.78 is 5.23. The molecule has 0 fully saturated rings. The molecule has 0 unspecified atom stereocenters. The van der Waals surface area contributed by atoms with Gasteiger partial charge in [-0.3, -0.25) is 10.1 Å². The smallest absolute Gasteiger partial charge is 0.329 e. The number of aromatic nitrogens is 2. The van der Waals surface area contributed by atoms with E-state index in [1.807, 2.05) is 13.8 Å². The zero-order chi connectivity index (χ0) is 13.5. The minimum absolute atomic E-state index is 0.0189. The van der Waals surface area contributed by atoms with Crippen molar-refractivity contribution in [3.8, 4) is 0 Å². The average Bonchev–Trinajstić information content (AvgIpc) is 2.34. The van der Waals surface area contributed by atoms with Crippen molar-refractivity contribution in [3.05, 3.63) is 16.3 Å². The summed E-state index contributed by atoms with van der Waals surface area (Å²) >= 11 is 0. The number of anilines is 2. The quantitative estimate of drug-likeness (QED) is 0.436. The highest BCUT2D eigenvalue weighted by molar-refractivity contribution is 5.58. The molecular weight excluding hydrogens is 238 g/mol. The molecule has 0 amide bonds. The molecule has 100 valence electrons. The van der Waals surface area contributed by atoms with Crippen LogP contribution in [0.4, 0.5) is 17.5 Å². The molecule has 0 aliphatic heterocycles. The number of likely N-dealkylation sites (N-methyl/N-ethyl adjacent to an activating group) is 1. The van der Waals surface area contributed by atoms with E-state index in [-0.39, 0.29) is 17.5 Å². The Morgan fingerprint density at radius 1 is 1.56 bits per heavy atom. The van der Waals surface area contributed by atoms with Crippen molar-refractivity contribution in [3.63, 3.8) is 0 Å². The van der Waals surface area contributed by atoms with Gasteiger partial charge in [0.1, 0.15) is 6.20 Å². The highest BCUT2D eigenvalue weighted by Crippen LogP contribution is 2.24. The van der Waals surface area contributed by atoms with Crippen LogP contribution in [-0.2, 0) is 4.74 Å². The fourth-order valence-corrected chi connectivity index (χ4v) is 1.47. The van der Waals surface area contributed by atoms with Crippen LogP contribution in [0.5, 0.6) is 0 Å². The summed E-state index contributed by atoms with van der Waals surface area (Å²) in [5.41, 5.74) is 5.32. The fourth-order valence-electron chi connectivity index (χ4n) is 1.47. The van der Waals surface area contributed by atoms with Crippen LogP contribution >= 0.6 is 0 Å². The second-order valence-electron chi connectivity index (χ2n) is 3.47. The summed E-state index contributed by atoms with van der Waals surface area (Å²) in [7, 11) is 0. The number of rotatable bonds is 7. The Hall–Kier alpha value is -1.96. The molecule has 0 saturated heterocycles. The van der Waals surface area contributed by atoms with Gasteiger partial charge in [0.15, 0.2) is 0 Å². The van der Waals surface area contributed by atoms with Crippen LogP contribution in [0.1, 0.15) is 13.8 Å². The lowest BCUT2D eigenvalue weighted by molar-refractivity contribution is -0.384. The average molecular weight is 255 g/mol. The SMILES string of the molecule is CCOCCN(CC)c1nc(N)ncc1[N+](=O)[O-]. The predicted molar refractivity (Wildman–Crippen MR) is 67.5 cm³/mol. The number of nitrogens with two attached hydrogens (primary N) is 1. The van der Waals surface area contributed by atoms with E-state index in [2.05, 4.69) is 9.97 Å². The number of nitrogens with zero attached hydrogens (tertiary/aromatic N) is 4. The van der Waals surface area contributed by atoms with Crippen molar-refractivity contribution in [2.45, 2.75) is 13.8 Å². The molecule has 0 saturated carbocycles. The Kier molecular flexibility index (Phi) is 5.25. The van der Waals surface area contributed by atoms with Crippen LogP contribution in [0.3, 0.4) is 0 Å². The van der Waals surface area contributed by atoms with Crippen LogP contribution < -0.4 is 10.6 Å². The Balaban J connectivity index is 2.95. The standard InChI is InChI=1S/C10H17N5O3/c1-3-14(5-6-18-4-2)9-8(15(16)17)7-12-10(11)13-9/h7H,3-6H2,1-2H3,(H2,11,12,13). The van der Waals surface area contributed by atoms with Crippen LogP contribution in [0, 0.1) is 10.1 Å². The number of hydrogen-bond donors (Lipinski definition) is 1. The molecule has 0 bridgehead atoms. The molecule has 1 aromatic rings. The number of hydrogen-bond acceptors (Lipinski definition) is 7. The summed E-state index contributed by atoms with van der Waals surface area (Å²) in [6.07, 6.45) is 1.13. The lowest BCUT2D eigenvalue weighted by atomic mass is 10.4. The van der Waals surface area contributed by atoms with E-state index in [0.717, 1.165) is 6.20 Å². The van der Waals surface area contributed by atoms with E-state index in [4.69, 9.17) is 10.5 Å². The molecule has 8 heteroatoms. The van der Waals surface area contributed by atoms with E-state index in [9.17, 15) is 10.1 Å². The van der Waals surface area contributed by atoms with Gasteiger partial charge in [-0.2, -0.15) is 4.98 Å². The molecule has 1 aromatic heterocycles. The molecule has 0 aromatic carbocycles. The molecule has 0 aliphatic rings. The zero-order valence-corrected chi connectivity index (χ0v) is 10.5. The summed E-state index contributed by atoms with van der Waals surface area (Å²) in [4.78, 5) is 19.7. The van der Waals surface area contributed by atoms with Crippen LogP contribution in [-0.4, -0.2) is 41.2 Å². The van der Waals surface area contributed by atoms with E-state index in [1.165, 1.54) is 0 Å². The number of nitro groups is 1. The minimum Gasteiger partial charge on any atom is -0.380 e. The van der Waals surface area contributed by atoms with E-state index >= 15 is 0 Å². The Morgan fingerprint density at radius 3 is 2.83 bits per heavy atom. The maximum atomic E-state index is 10.9. The van der Waals surface area contributed by atoms with Gasteiger partial charge in [-0.15, -0.1) is 0 Å². The Labute approximate surface area is 105 Å². The second kappa shape index (κ2) is 6.70. The lowest BCUT2D eigenvalue weighted by Crippen LogP contribution is -2.29. The molecule has 0 atom stereocenters. The zero-order valence-electron chi connectivity index (χ0n) is 10.5. The summed E-state index contributed by atoms with van der Waals surface area (Å²) in [5, 5.41) is 10.9. The summed E-state index contributed by atoms with van der Waals surface area (Å²) in [6.45, 7) is 5.94. The first kappa shape index (κ1) is 14.1. The van der Waals surface area contributed by atoms with Gasteiger partial charge in [0, 0.05) is 19.7 Å². The normalized spacial score (nSPS) is 10.3. The van der Waals surface area contributed by atoms with E-state index in [1.54, 1.807) is 4.90 Å². The molecule has 0 spiro atoms. The summed E-state index contributed by atoms with van der Waals surface area (Å²) in [5.74, 6) is 0.250. The maximum Gasteiger partial charge on any atom is 0.329 e. The van der Waals surface area contributed by atoms with Gasteiger partial charge < -0.3 is 15.4 Å². The van der Waals surface area contributed by atoms with Crippen molar-refractivity contribution in [2.75, 3.05) is 36.9 Å². The topological polar surface area (TPSA) is 107 Å². The lowest BCUT2D eigenvalue weighted by Gasteiger charge is -2.21. The van der Waals surface area contributed by atoms with Crippen molar-refractivity contribution < 1.29 is 9.66 Å². The third-order valence-corrected chi connectivity index (χ3v) is 2.36. The largest absolute Gasteiger partial charge is 0.380 e. The van der Waals surface area contributed by atoms with Crippen LogP contribution in [0.25, 0.3) is 0 Å². The van der Waals surface area contributed by atoms with Crippen molar-refractivity contribution in [1.82, 2.24) is 9.97 Å². The first-order valence-electron chi connectivity index (χ1n) is 5.69. The molecule has 18 heavy (non-hydrogen) atoms. The number of ether oxygens (including phenoxy) is 1. The van der Waals surface area contributed by atoms with Crippen LogP contribution in [0.15, 0.2) is 6.20 Å². The van der Waals surface area contributed by atoms with E-state index < -0.39 is 4.92 Å². The first-order valence-corrected chi connectivity index (χ1v) is 5.69.